The molecular weight excluding hydrogens is 228 g/mol. The number of aromatic nitrogens is 1. The van der Waals surface area contributed by atoms with E-state index in [4.69, 9.17) is 16.3 Å². The molecule has 5 heteroatoms. The first kappa shape index (κ1) is 11.4. The summed E-state index contributed by atoms with van der Waals surface area (Å²) in [5.74, 6) is -0.112. The highest BCUT2D eigenvalue weighted by Crippen LogP contribution is 2.22. The molecule has 4 nitrogen and oxygen atoms in total. The molecular formula is C11H13ClN2O2. The second-order valence-corrected chi connectivity index (χ2v) is 4.09. The molecule has 1 aromatic heterocycles. The molecule has 0 unspecified atom stereocenters. The van der Waals surface area contributed by atoms with Crippen LogP contribution in [0.3, 0.4) is 0 Å². The van der Waals surface area contributed by atoms with Gasteiger partial charge >= 0.3 is 0 Å². The number of carbonyl (C=O) groups is 1. The number of halogens is 1. The van der Waals surface area contributed by atoms with Crippen molar-refractivity contribution in [3.05, 3.63) is 23.0 Å². The van der Waals surface area contributed by atoms with Crippen molar-refractivity contribution in [3.8, 4) is 0 Å². The Bertz CT molecular complexity index is 403. The summed E-state index contributed by atoms with van der Waals surface area (Å²) in [4.78, 5) is 17.4. The molecule has 0 spiro atoms. The molecule has 1 fully saturated rings. The Balaban J connectivity index is 2.23. The second kappa shape index (κ2) is 4.80. The molecule has 86 valence electrons. The van der Waals surface area contributed by atoms with Crippen molar-refractivity contribution in [2.24, 2.45) is 0 Å². The third-order valence-corrected chi connectivity index (χ3v) is 2.82. The van der Waals surface area contributed by atoms with Crippen LogP contribution in [0.5, 0.6) is 0 Å². The highest BCUT2D eigenvalue weighted by molar-refractivity contribution is 6.33. The van der Waals surface area contributed by atoms with Gasteiger partial charge in [0.2, 0.25) is 0 Å². The van der Waals surface area contributed by atoms with Crippen molar-refractivity contribution in [2.75, 3.05) is 31.2 Å². The van der Waals surface area contributed by atoms with Gasteiger partial charge in [-0.15, -0.1) is 0 Å². The van der Waals surface area contributed by atoms with Gasteiger partial charge in [0.1, 0.15) is 5.69 Å². The monoisotopic (exact) mass is 240 g/mol. The van der Waals surface area contributed by atoms with Gasteiger partial charge < -0.3 is 9.64 Å². The van der Waals surface area contributed by atoms with Crippen molar-refractivity contribution in [1.29, 1.82) is 0 Å². The van der Waals surface area contributed by atoms with Crippen LogP contribution >= 0.6 is 11.6 Å². The summed E-state index contributed by atoms with van der Waals surface area (Å²) >= 11 is 6.00. The van der Waals surface area contributed by atoms with Crippen molar-refractivity contribution in [3.63, 3.8) is 0 Å². The minimum atomic E-state index is -0.112. The number of anilines is 1. The molecule has 0 N–H and O–H groups in total. The Morgan fingerprint density at radius 3 is 2.75 bits per heavy atom. The van der Waals surface area contributed by atoms with Gasteiger partial charge in [-0.3, -0.25) is 4.79 Å². The molecule has 1 aliphatic heterocycles. The van der Waals surface area contributed by atoms with E-state index in [2.05, 4.69) is 9.88 Å². The predicted octanol–water partition coefficient (Wildman–Crippen LogP) is 1.77. The number of hydrogen-bond acceptors (Lipinski definition) is 4. The summed E-state index contributed by atoms with van der Waals surface area (Å²) < 4.78 is 5.26. The van der Waals surface area contributed by atoms with Crippen LogP contribution in [-0.2, 0) is 4.74 Å². The summed E-state index contributed by atoms with van der Waals surface area (Å²) in [5.41, 5.74) is 1.27. The highest BCUT2D eigenvalue weighted by Gasteiger charge is 2.14. The molecule has 0 amide bonds. The molecule has 2 heterocycles. The van der Waals surface area contributed by atoms with Gasteiger partial charge in [0.15, 0.2) is 5.78 Å². The van der Waals surface area contributed by atoms with Crippen LogP contribution in [-0.4, -0.2) is 37.1 Å². The van der Waals surface area contributed by atoms with Crippen LogP contribution in [0, 0.1) is 0 Å². The lowest BCUT2D eigenvalue weighted by Gasteiger charge is -2.28. The lowest BCUT2D eigenvalue weighted by atomic mass is 10.2. The summed E-state index contributed by atoms with van der Waals surface area (Å²) in [6.07, 6.45) is 1.69. The minimum absolute atomic E-state index is 0.112. The summed E-state index contributed by atoms with van der Waals surface area (Å²) in [6.45, 7) is 4.55. The topological polar surface area (TPSA) is 42.4 Å². The van der Waals surface area contributed by atoms with Gasteiger partial charge in [-0.1, -0.05) is 11.6 Å². The quantitative estimate of drug-likeness (QED) is 0.739. The minimum Gasteiger partial charge on any atom is -0.378 e. The van der Waals surface area contributed by atoms with Crippen LogP contribution in [0.2, 0.25) is 5.02 Å². The van der Waals surface area contributed by atoms with Gasteiger partial charge in [0, 0.05) is 20.0 Å². The maximum atomic E-state index is 11.2. The molecule has 16 heavy (non-hydrogen) atoms. The predicted molar refractivity (Wildman–Crippen MR) is 62.3 cm³/mol. The Morgan fingerprint density at radius 2 is 2.19 bits per heavy atom. The SMILES string of the molecule is CC(=O)c1ncc(N2CCOCC2)cc1Cl. The number of pyridine rings is 1. The fourth-order valence-electron chi connectivity index (χ4n) is 1.68. The lowest BCUT2D eigenvalue weighted by Crippen LogP contribution is -2.36. The first-order valence-corrected chi connectivity index (χ1v) is 5.55. The number of Topliss-reactive ketones (excluding diaryl/α,β-unsaturated/α-hetero) is 1. The number of ether oxygens (including phenoxy) is 1. The summed E-state index contributed by atoms with van der Waals surface area (Å²) in [7, 11) is 0. The van der Waals surface area contributed by atoms with Gasteiger partial charge in [-0.05, 0) is 6.07 Å². The third kappa shape index (κ3) is 2.33. The maximum absolute atomic E-state index is 11.2. The largest absolute Gasteiger partial charge is 0.378 e. The number of nitrogens with zero attached hydrogens (tertiary/aromatic N) is 2. The highest BCUT2D eigenvalue weighted by atomic mass is 35.5. The van der Waals surface area contributed by atoms with E-state index in [1.54, 1.807) is 12.3 Å². The molecule has 0 saturated carbocycles. The zero-order chi connectivity index (χ0) is 11.5. The molecule has 0 radical (unpaired) electrons. The fourth-order valence-corrected chi connectivity index (χ4v) is 1.98. The third-order valence-electron chi connectivity index (χ3n) is 2.54. The first-order valence-electron chi connectivity index (χ1n) is 5.17. The van der Waals surface area contributed by atoms with Crippen molar-refractivity contribution >= 4 is 23.1 Å². The average Bonchev–Trinajstić information content (AvgIpc) is 2.29. The van der Waals surface area contributed by atoms with E-state index in [0.29, 0.717) is 23.9 Å². The standard InChI is InChI=1S/C11H13ClN2O2/c1-8(15)11-10(12)6-9(7-13-11)14-2-4-16-5-3-14/h6-7H,2-5H2,1H3. The molecule has 0 atom stereocenters. The van der Waals surface area contributed by atoms with Crippen LogP contribution in [0.15, 0.2) is 12.3 Å². The number of hydrogen-bond donors (Lipinski definition) is 0. The van der Waals surface area contributed by atoms with E-state index >= 15 is 0 Å². The smallest absolute Gasteiger partial charge is 0.179 e. The lowest BCUT2D eigenvalue weighted by molar-refractivity contribution is 0.101. The Hall–Kier alpha value is -1.13. The van der Waals surface area contributed by atoms with Gasteiger partial charge in [0.05, 0.1) is 30.1 Å². The van der Waals surface area contributed by atoms with E-state index in [-0.39, 0.29) is 5.78 Å². The van der Waals surface area contributed by atoms with Crippen LogP contribution in [0.25, 0.3) is 0 Å². The maximum Gasteiger partial charge on any atom is 0.179 e. The number of morpholine rings is 1. The molecule has 0 bridgehead atoms. The second-order valence-electron chi connectivity index (χ2n) is 3.68. The number of ketones is 1. The van der Waals surface area contributed by atoms with Crippen molar-refractivity contribution in [1.82, 2.24) is 4.98 Å². The fraction of sp³-hybridized carbons (Fsp3) is 0.455. The number of rotatable bonds is 2. The molecule has 1 aromatic rings. The van der Waals surface area contributed by atoms with Crippen LogP contribution in [0.4, 0.5) is 5.69 Å². The summed E-state index contributed by atoms with van der Waals surface area (Å²) in [6, 6.07) is 1.79. The summed E-state index contributed by atoms with van der Waals surface area (Å²) in [5, 5.41) is 0.413. The molecule has 1 saturated heterocycles. The Kier molecular flexibility index (Phi) is 3.41. The van der Waals surface area contributed by atoms with Crippen LogP contribution in [0.1, 0.15) is 17.4 Å². The molecule has 0 aromatic carbocycles. The number of carbonyl (C=O) groups excluding carboxylic acids is 1. The molecule has 2 rings (SSSR count). The van der Waals surface area contributed by atoms with Gasteiger partial charge in [-0.25, -0.2) is 4.98 Å². The Morgan fingerprint density at radius 1 is 1.50 bits per heavy atom. The van der Waals surface area contributed by atoms with E-state index in [0.717, 1.165) is 18.8 Å². The zero-order valence-electron chi connectivity index (χ0n) is 9.07. The van der Waals surface area contributed by atoms with Gasteiger partial charge in [-0.2, -0.15) is 0 Å². The van der Waals surface area contributed by atoms with E-state index in [9.17, 15) is 4.79 Å². The molecule has 1 aliphatic rings. The Labute approximate surface area is 99.2 Å². The van der Waals surface area contributed by atoms with E-state index in [1.807, 2.05) is 0 Å². The zero-order valence-corrected chi connectivity index (χ0v) is 9.83. The van der Waals surface area contributed by atoms with Gasteiger partial charge in [0.25, 0.3) is 0 Å². The normalized spacial score (nSPS) is 16.2. The molecule has 0 aliphatic carbocycles. The first-order chi connectivity index (χ1) is 7.68. The van der Waals surface area contributed by atoms with Crippen LogP contribution < -0.4 is 4.90 Å². The van der Waals surface area contributed by atoms with E-state index < -0.39 is 0 Å². The van der Waals surface area contributed by atoms with Crippen molar-refractivity contribution < 1.29 is 9.53 Å². The van der Waals surface area contributed by atoms with E-state index in [1.165, 1.54) is 6.92 Å². The average molecular weight is 241 g/mol. The van der Waals surface area contributed by atoms with Crippen molar-refractivity contribution in [2.45, 2.75) is 6.92 Å².